The van der Waals surface area contributed by atoms with Crippen molar-refractivity contribution in [2.45, 2.75) is 83.3 Å². The number of carbonyl (C=O) groups is 4. The van der Waals surface area contributed by atoms with Gasteiger partial charge >= 0.3 is 18.2 Å². The third-order valence-corrected chi connectivity index (χ3v) is 7.17. The smallest absolute Gasteiger partial charge is 0.408 e. The summed E-state index contributed by atoms with van der Waals surface area (Å²) in [6, 6.07) is 9.03. The maximum atomic E-state index is 12.3. The number of aliphatic carboxylic acids is 1. The Morgan fingerprint density at radius 2 is 1.75 bits per heavy atom. The molecule has 3 heterocycles. The predicted molar refractivity (Wildman–Crippen MR) is 143 cm³/mol. The summed E-state index contributed by atoms with van der Waals surface area (Å²) < 4.78 is 21.4. The Morgan fingerprint density at radius 1 is 1.07 bits per heavy atom. The van der Waals surface area contributed by atoms with Crippen molar-refractivity contribution in [2.24, 2.45) is 5.41 Å². The number of carbonyl (C=O) groups excluding carboxylic acids is 3. The van der Waals surface area contributed by atoms with Crippen LogP contribution in [0.1, 0.15) is 58.9 Å². The number of hydrogen-bond acceptors (Lipinski definition) is 8. The van der Waals surface area contributed by atoms with Gasteiger partial charge in [0, 0.05) is 19.8 Å². The summed E-state index contributed by atoms with van der Waals surface area (Å²) in [7, 11) is 0. The molecule has 40 heavy (non-hydrogen) atoms. The van der Waals surface area contributed by atoms with Gasteiger partial charge in [0.05, 0.1) is 18.1 Å². The average molecular weight is 564 g/mol. The molecular weight excluding hydrogens is 522 g/mol. The van der Waals surface area contributed by atoms with E-state index in [9.17, 15) is 24.3 Å². The molecule has 12 nitrogen and oxygen atoms in total. The van der Waals surface area contributed by atoms with Crippen molar-refractivity contribution in [1.82, 2.24) is 16.0 Å². The molecule has 3 amide bonds. The van der Waals surface area contributed by atoms with Crippen LogP contribution in [0.4, 0.5) is 9.59 Å². The summed E-state index contributed by atoms with van der Waals surface area (Å²) in [6.07, 6.45) is 0.151. The standard InChI is InChI=1S/C20H28N2O7.C8H13NO2/c1-19(2,3)29-17(25)21-12-15-20(16(23)24,10-7-11-27-15)22-18(26)28-13-14-8-5-4-6-9-14;1-8-3-2-4-11-6(8)5-9-7(8)10/h4-6,8-9,15H,7,10-13H2,1-3H3,(H,21,25)(H,22,26)(H,23,24);6H,2-5H2,1H3,(H,9,10). The van der Waals surface area contributed by atoms with Crippen LogP contribution in [-0.4, -0.2) is 78.8 Å². The van der Waals surface area contributed by atoms with Gasteiger partial charge in [-0.25, -0.2) is 14.4 Å². The van der Waals surface area contributed by atoms with Gasteiger partial charge in [-0.3, -0.25) is 4.79 Å². The molecule has 0 aromatic heterocycles. The second-order valence-electron chi connectivity index (χ2n) is 11.4. The quantitative estimate of drug-likeness (QED) is 0.408. The summed E-state index contributed by atoms with van der Waals surface area (Å²) in [5.41, 5.74) is -1.87. The molecule has 3 saturated heterocycles. The van der Waals surface area contributed by atoms with E-state index >= 15 is 0 Å². The third-order valence-electron chi connectivity index (χ3n) is 7.17. The molecule has 3 aliphatic heterocycles. The molecule has 4 rings (SSSR count). The van der Waals surface area contributed by atoms with Crippen LogP contribution in [0.15, 0.2) is 30.3 Å². The fourth-order valence-electron chi connectivity index (χ4n) is 4.93. The highest BCUT2D eigenvalue weighted by Crippen LogP contribution is 2.37. The van der Waals surface area contributed by atoms with Crippen LogP contribution < -0.4 is 16.0 Å². The molecule has 12 heteroatoms. The minimum Gasteiger partial charge on any atom is -0.479 e. The van der Waals surface area contributed by atoms with Crippen LogP contribution >= 0.6 is 0 Å². The van der Waals surface area contributed by atoms with Crippen LogP contribution in [0.3, 0.4) is 0 Å². The first-order valence-electron chi connectivity index (χ1n) is 13.6. The van der Waals surface area contributed by atoms with Gasteiger partial charge in [0.25, 0.3) is 0 Å². The summed E-state index contributed by atoms with van der Waals surface area (Å²) >= 11 is 0. The molecule has 0 aliphatic carbocycles. The summed E-state index contributed by atoms with van der Waals surface area (Å²) in [5.74, 6) is -1.09. The molecule has 3 fully saturated rings. The van der Waals surface area contributed by atoms with Crippen molar-refractivity contribution in [3.8, 4) is 0 Å². The van der Waals surface area contributed by atoms with Crippen molar-refractivity contribution in [3.05, 3.63) is 35.9 Å². The Hall–Kier alpha value is -3.38. The number of alkyl carbamates (subject to hydrolysis) is 2. The topological polar surface area (TPSA) is 162 Å². The van der Waals surface area contributed by atoms with E-state index in [0.717, 1.165) is 25.0 Å². The van der Waals surface area contributed by atoms with E-state index < -0.39 is 35.4 Å². The molecule has 0 bridgehead atoms. The van der Waals surface area contributed by atoms with Gasteiger partial charge in [-0.15, -0.1) is 0 Å². The minimum absolute atomic E-state index is 0.00402. The molecule has 4 atom stereocenters. The molecule has 0 radical (unpaired) electrons. The summed E-state index contributed by atoms with van der Waals surface area (Å²) in [5, 5.41) is 17.6. The lowest BCUT2D eigenvalue weighted by atomic mass is 9.80. The van der Waals surface area contributed by atoms with Crippen molar-refractivity contribution in [1.29, 1.82) is 0 Å². The van der Waals surface area contributed by atoms with Crippen molar-refractivity contribution in [3.63, 3.8) is 0 Å². The number of rotatable bonds is 6. The predicted octanol–water partition coefficient (Wildman–Crippen LogP) is 2.74. The average Bonchev–Trinajstić information content (AvgIpc) is 3.21. The van der Waals surface area contributed by atoms with E-state index in [1.54, 1.807) is 32.9 Å². The first-order valence-corrected chi connectivity index (χ1v) is 13.6. The number of amides is 3. The van der Waals surface area contributed by atoms with Crippen LogP contribution in [0.5, 0.6) is 0 Å². The molecule has 0 spiro atoms. The number of fused-ring (bicyclic) bond motifs is 1. The highest BCUT2D eigenvalue weighted by Gasteiger charge is 2.51. The van der Waals surface area contributed by atoms with Gasteiger partial charge < -0.3 is 40.0 Å². The third kappa shape index (κ3) is 8.07. The number of nitrogens with one attached hydrogen (secondary N) is 3. The zero-order valence-electron chi connectivity index (χ0n) is 23.6. The first kappa shape index (κ1) is 31.2. The van der Waals surface area contributed by atoms with Crippen LogP contribution in [0, 0.1) is 5.41 Å². The van der Waals surface area contributed by atoms with E-state index in [-0.39, 0.29) is 37.0 Å². The molecule has 4 unspecified atom stereocenters. The molecule has 0 saturated carbocycles. The monoisotopic (exact) mass is 563 g/mol. The minimum atomic E-state index is -1.72. The van der Waals surface area contributed by atoms with Gasteiger partial charge in [-0.1, -0.05) is 30.3 Å². The molecule has 1 aromatic rings. The fraction of sp³-hybridized carbons (Fsp3) is 0.643. The Bertz CT molecular complexity index is 1050. The van der Waals surface area contributed by atoms with Gasteiger partial charge in [-0.2, -0.15) is 0 Å². The van der Waals surface area contributed by atoms with E-state index in [1.165, 1.54) is 0 Å². The van der Waals surface area contributed by atoms with E-state index in [2.05, 4.69) is 16.0 Å². The second-order valence-corrected chi connectivity index (χ2v) is 11.4. The molecule has 4 N–H and O–H groups in total. The van der Waals surface area contributed by atoms with E-state index in [0.29, 0.717) is 19.6 Å². The number of ether oxygens (including phenoxy) is 4. The number of carboxylic acid groups (broad SMARTS) is 1. The Labute approximate surface area is 234 Å². The zero-order chi connectivity index (χ0) is 29.4. The largest absolute Gasteiger partial charge is 0.479 e. The fourth-order valence-corrected chi connectivity index (χ4v) is 4.93. The van der Waals surface area contributed by atoms with Gasteiger partial charge in [0.2, 0.25) is 5.91 Å². The molecule has 222 valence electrons. The maximum absolute atomic E-state index is 12.3. The maximum Gasteiger partial charge on any atom is 0.408 e. The first-order chi connectivity index (χ1) is 18.9. The molecular formula is C28H41N3O9. The molecule has 1 aromatic carbocycles. The zero-order valence-corrected chi connectivity index (χ0v) is 23.6. The summed E-state index contributed by atoms with van der Waals surface area (Å²) in [6.45, 7) is 8.85. The Kier molecular flexibility index (Phi) is 10.4. The van der Waals surface area contributed by atoms with Gasteiger partial charge in [-0.05, 0) is 58.9 Å². The SMILES string of the molecule is CC(C)(C)OC(=O)NCC1OCCCC1(NC(=O)OCc1ccccc1)C(=O)O.CC12CCCOC1CNC2=O. The van der Waals surface area contributed by atoms with E-state index in [1.807, 2.05) is 25.1 Å². The van der Waals surface area contributed by atoms with Gasteiger partial charge in [0.1, 0.15) is 18.3 Å². The van der Waals surface area contributed by atoms with E-state index in [4.69, 9.17) is 18.9 Å². The number of hydrogen-bond donors (Lipinski definition) is 4. The highest BCUT2D eigenvalue weighted by molar-refractivity contribution is 5.86. The van der Waals surface area contributed by atoms with Crippen LogP contribution in [0.2, 0.25) is 0 Å². The van der Waals surface area contributed by atoms with Crippen molar-refractivity contribution >= 4 is 24.1 Å². The normalized spacial score (nSPS) is 27.6. The lowest BCUT2D eigenvalue weighted by Crippen LogP contribution is -2.67. The summed E-state index contributed by atoms with van der Waals surface area (Å²) in [4.78, 5) is 47.6. The highest BCUT2D eigenvalue weighted by atomic mass is 16.6. The number of carboxylic acids is 1. The Morgan fingerprint density at radius 3 is 2.40 bits per heavy atom. The molecule has 3 aliphatic rings. The lowest BCUT2D eigenvalue weighted by molar-refractivity contribution is -0.157. The van der Waals surface area contributed by atoms with Crippen molar-refractivity contribution < 1.29 is 43.2 Å². The lowest BCUT2D eigenvalue weighted by Gasteiger charge is -2.40. The number of benzene rings is 1. The Balaban J connectivity index is 0.000000330. The van der Waals surface area contributed by atoms with Crippen molar-refractivity contribution in [2.75, 3.05) is 26.3 Å². The second kappa shape index (κ2) is 13.3. The van der Waals surface area contributed by atoms with Crippen LogP contribution in [0.25, 0.3) is 0 Å². The van der Waals surface area contributed by atoms with Crippen LogP contribution in [-0.2, 0) is 35.1 Å². The van der Waals surface area contributed by atoms with Gasteiger partial charge in [0.15, 0.2) is 5.54 Å².